The molecule has 0 unspecified atom stereocenters. The van der Waals surface area contributed by atoms with Gasteiger partial charge in [0.15, 0.2) is 11.6 Å². The Balaban J connectivity index is 2.15. The number of benzene rings is 1. The second kappa shape index (κ2) is 5.65. The predicted molar refractivity (Wildman–Crippen MR) is 64.1 cm³/mol. The molecule has 98 valence electrons. The van der Waals surface area contributed by atoms with Crippen molar-refractivity contribution in [2.24, 2.45) is 0 Å². The number of rotatable bonds is 2. The molecule has 2 rings (SSSR count). The first-order valence-corrected chi connectivity index (χ1v) is 6.77. The molecule has 6 heteroatoms. The lowest BCUT2D eigenvalue weighted by molar-refractivity contribution is 0.0929. The van der Waals surface area contributed by atoms with E-state index in [1.54, 1.807) is 11.8 Å². The van der Waals surface area contributed by atoms with E-state index in [2.05, 4.69) is 5.32 Å². The maximum absolute atomic E-state index is 13.4. The van der Waals surface area contributed by atoms with Crippen LogP contribution in [0.4, 0.5) is 13.2 Å². The first-order chi connectivity index (χ1) is 8.59. The van der Waals surface area contributed by atoms with E-state index in [-0.39, 0.29) is 6.04 Å². The van der Waals surface area contributed by atoms with Gasteiger partial charge in [0, 0.05) is 11.8 Å². The van der Waals surface area contributed by atoms with Gasteiger partial charge in [0.1, 0.15) is 11.4 Å². The minimum absolute atomic E-state index is 0.113. The monoisotopic (exact) mass is 275 g/mol. The molecule has 2 nitrogen and oxygen atoms in total. The van der Waals surface area contributed by atoms with E-state index in [1.165, 1.54) is 0 Å². The Bertz CT molecular complexity index is 461. The number of carbonyl (C=O) groups excluding carboxylic acids is 1. The summed E-state index contributed by atoms with van der Waals surface area (Å²) >= 11 is 1.68. The summed E-state index contributed by atoms with van der Waals surface area (Å²) in [7, 11) is 0. The zero-order chi connectivity index (χ0) is 13.1. The third-order valence-corrected chi connectivity index (χ3v) is 3.98. The summed E-state index contributed by atoms with van der Waals surface area (Å²) in [6.45, 7) is 0. The molecule has 0 bridgehead atoms. The van der Waals surface area contributed by atoms with Crippen LogP contribution in [0.3, 0.4) is 0 Å². The molecule has 1 amide bonds. The van der Waals surface area contributed by atoms with Gasteiger partial charge in [-0.05, 0) is 30.7 Å². The van der Waals surface area contributed by atoms with Gasteiger partial charge in [-0.25, -0.2) is 13.2 Å². The third-order valence-electron chi connectivity index (χ3n) is 2.77. The van der Waals surface area contributed by atoms with Crippen molar-refractivity contribution < 1.29 is 18.0 Å². The summed E-state index contributed by atoms with van der Waals surface area (Å²) in [5.74, 6) is -2.86. The molecule has 1 fully saturated rings. The van der Waals surface area contributed by atoms with Gasteiger partial charge in [0.25, 0.3) is 5.91 Å². The van der Waals surface area contributed by atoms with E-state index >= 15 is 0 Å². The lowest BCUT2D eigenvalue weighted by Crippen LogP contribution is -2.39. The molecule has 1 aliphatic heterocycles. The summed E-state index contributed by atoms with van der Waals surface area (Å²) in [4.78, 5) is 11.7. The molecule has 1 aliphatic rings. The highest BCUT2D eigenvalue weighted by Gasteiger charge is 2.23. The van der Waals surface area contributed by atoms with Crippen molar-refractivity contribution >= 4 is 17.7 Å². The van der Waals surface area contributed by atoms with Crippen molar-refractivity contribution in [2.45, 2.75) is 18.9 Å². The maximum Gasteiger partial charge on any atom is 0.257 e. The van der Waals surface area contributed by atoms with Crippen molar-refractivity contribution in [2.75, 3.05) is 11.5 Å². The SMILES string of the molecule is O=C(N[C@@H]1CCCSC1)c1c(F)ccc(F)c1F. The largest absolute Gasteiger partial charge is 0.348 e. The van der Waals surface area contributed by atoms with Gasteiger partial charge < -0.3 is 5.32 Å². The van der Waals surface area contributed by atoms with Crippen molar-refractivity contribution in [3.63, 3.8) is 0 Å². The van der Waals surface area contributed by atoms with Crippen molar-refractivity contribution in [3.05, 3.63) is 35.1 Å². The molecular formula is C12H12F3NOS. The lowest BCUT2D eigenvalue weighted by atomic mass is 10.1. The molecule has 1 atom stereocenters. The van der Waals surface area contributed by atoms with Crippen LogP contribution in [0, 0.1) is 17.5 Å². The molecule has 0 radical (unpaired) electrons. The van der Waals surface area contributed by atoms with Gasteiger partial charge in [-0.3, -0.25) is 4.79 Å². The van der Waals surface area contributed by atoms with Crippen LogP contribution in [-0.4, -0.2) is 23.5 Å². The summed E-state index contributed by atoms with van der Waals surface area (Å²) in [6.07, 6.45) is 1.72. The van der Waals surface area contributed by atoms with Gasteiger partial charge in [-0.2, -0.15) is 11.8 Å². The van der Waals surface area contributed by atoms with Gasteiger partial charge in [0.05, 0.1) is 0 Å². The van der Waals surface area contributed by atoms with E-state index in [0.29, 0.717) is 11.8 Å². The summed E-state index contributed by atoms with van der Waals surface area (Å²) in [6, 6.07) is 1.30. The molecule has 1 aromatic rings. The standard InChI is InChI=1S/C12H12F3NOS/c13-8-3-4-9(14)11(15)10(8)12(17)16-7-2-1-5-18-6-7/h3-4,7H,1-2,5-6H2,(H,16,17)/t7-/m1/s1. The Labute approximate surface area is 107 Å². The second-order valence-electron chi connectivity index (χ2n) is 4.11. The van der Waals surface area contributed by atoms with Gasteiger partial charge in [-0.1, -0.05) is 0 Å². The normalized spacial score (nSPS) is 19.6. The fraction of sp³-hybridized carbons (Fsp3) is 0.417. The average molecular weight is 275 g/mol. The van der Waals surface area contributed by atoms with E-state index in [4.69, 9.17) is 0 Å². The van der Waals surface area contributed by atoms with Crippen LogP contribution in [0.5, 0.6) is 0 Å². The fourth-order valence-corrected chi connectivity index (χ4v) is 2.92. The van der Waals surface area contributed by atoms with Crippen molar-refractivity contribution in [1.29, 1.82) is 0 Å². The Morgan fingerprint density at radius 2 is 2.00 bits per heavy atom. The number of halogens is 3. The van der Waals surface area contributed by atoms with E-state index in [1.807, 2.05) is 0 Å². The molecule has 0 spiro atoms. The molecule has 0 saturated carbocycles. The number of amides is 1. The van der Waals surface area contributed by atoms with E-state index in [9.17, 15) is 18.0 Å². The summed E-state index contributed by atoms with van der Waals surface area (Å²) < 4.78 is 39.7. The predicted octanol–water partition coefficient (Wildman–Crippen LogP) is 2.73. The molecule has 1 heterocycles. The second-order valence-corrected chi connectivity index (χ2v) is 5.26. The van der Waals surface area contributed by atoms with Crippen LogP contribution in [0.2, 0.25) is 0 Å². The Kier molecular flexibility index (Phi) is 4.16. The van der Waals surface area contributed by atoms with Crippen LogP contribution >= 0.6 is 11.8 Å². The Morgan fingerprint density at radius 1 is 1.28 bits per heavy atom. The zero-order valence-electron chi connectivity index (χ0n) is 9.51. The van der Waals surface area contributed by atoms with Crippen LogP contribution in [0.25, 0.3) is 0 Å². The summed E-state index contributed by atoms with van der Waals surface area (Å²) in [5, 5.41) is 2.54. The van der Waals surface area contributed by atoms with Crippen molar-refractivity contribution in [1.82, 2.24) is 5.32 Å². The first kappa shape index (κ1) is 13.3. The molecule has 1 saturated heterocycles. The highest BCUT2D eigenvalue weighted by molar-refractivity contribution is 7.99. The minimum atomic E-state index is -1.43. The van der Waals surface area contributed by atoms with Crippen LogP contribution in [0.15, 0.2) is 12.1 Å². The highest BCUT2D eigenvalue weighted by Crippen LogP contribution is 2.19. The van der Waals surface area contributed by atoms with E-state index < -0.39 is 28.9 Å². The number of hydrogen-bond acceptors (Lipinski definition) is 2. The van der Waals surface area contributed by atoms with Crippen LogP contribution in [0.1, 0.15) is 23.2 Å². The molecule has 0 aliphatic carbocycles. The molecular weight excluding hydrogens is 263 g/mol. The molecule has 18 heavy (non-hydrogen) atoms. The zero-order valence-corrected chi connectivity index (χ0v) is 10.3. The average Bonchev–Trinajstić information content (AvgIpc) is 2.36. The Morgan fingerprint density at radius 3 is 2.67 bits per heavy atom. The first-order valence-electron chi connectivity index (χ1n) is 5.61. The third kappa shape index (κ3) is 2.80. The smallest absolute Gasteiger partial charge is 0.257 e. The van der Waals surface area contributed by atoms with Gasteiger partial charge >= 0.3 is 0 Å². The van der Waals surface area contributed by atoms with Crippen molar-refractivity contribution in [3.8, 4) is 0 Å². The quantitative estimate of drug-likeness (QED) is 0.841. The molecule has 1 N–H and O–H groups in total. The number of carbonyl (C=O) groups is 1. The molecule has 1 aromatic carbocycles. The van der Waals surface area contributed by atoms with Gasteiger partial charge in [-0.15, -0.1) is 0 Å². The Hall–Kier alpha value is -1.17. The number of nitrogens with one attached hydrogen (secondary N) is 1. The van der Waals surface area contributed by atoms with Crippen LogP contribution in [-0.2, 0) is 0 Å². The number of thioether (sulfide) groups is 1. The minimum Gasteiger partial charge on any atom is -0.348 e. The topological polar surface area (TPSA) is 29.1 Å². The molecule has 0 aromatic heterocycles. The lowest BCUT2D eigenvalue weighted by Gasteiger charge is -2.22. The maximum atomic E-state index is 13.4. The van der Waals surface area contributed by atoms with Gasteiger partial charge in [0.2, 0.25) is 0 Å². The van der Waals surface area contributed by atoms with Crippen LogP contribution < -0.4 is 5.32 Å². The number of hydrogen-bond donors (Lipinski definition) is 1. The highest BCUT2D eigenvalue weighted by atomic mass is 32.2. The fourth-order valence-electron chi connectivity index (χ4n) is 1.85. The summed E-state index contributed by atoms with van der Waals surface area (Å²) in [5.41, 5.74) is -0.842. The van der Waals surface area contributed by atoms with E-state index in [0.717, 1.165) is 24.7 Å².